The third-order valence-corrected chi connectivity index (χ3v) is 3.36. The minimum absolute atomic E-state index is 0.380. The van der Waals surface area contributed by atoms with Gasteiger partial charge in [-0.25, -0.2) is 4.79 Å². The number of carbonyl (C=O) groups is 1. The van der Waals surface area contributed by atoms with Crippen LogP contribution in [-0.2, 0) is 4.74 Å². The predicted octanol–water partition coefficient (Wildman–Crippen LogP) is 4.59. The number of fused-ring (bicyclic) bond motifs is 1. The first-order valence-corrected chi connectivity index (χ1v) is 8.06. The fourth-order valence-electron chi connectivity index (χ4n) is 1.91. The van der Waals surface area contributed by atoms with Gasteiger partial charge < -0.3 is 9.47 Å². The average molecular weight is 354 g/mol. The monoisotopic (exact) mass is 353 g/mol. The van der Waals surface area contributed by atoms with Gasteiger partial charge in [-0.05, 0) is 45.4 Å². The molecule has 0 bridgehead atoms. The number of carbonyl (C=O) groups excluding carboxylic acids is 1. The highest BCUT2D eigenvalue weighted by Gasteiger charge is 2.19. The summed E-state index contributed by atoms with van der Waals surface area (Å²) in [6.07, 6.45) is 2.28. The second-order valence-electron chi connectivity index (χ2n) is 5.78. The number of alkyl halides is 1. The Balaban J connectivity index is 2.24. The molecule has 0 radical (unpaired) electrons. The standard InChI is InChI=1S/C16H20BrNO3/c1-16(2,3)21-15(19)18-9-7-12-5-6-13(11-14(12)18)20-10-4-8-17/h5-7,9,11H,4,8,10H2,1-3H3. The Morgan fingerprint density at radius 3 is 2.71 bits per heavy atom. The van der Waals surface area contributed by atoms with Crippen LogP contribution < -0.4 is 4.74 Å². The van der Waals surface area contributed by atoms with E-state index < -0.39 is 5.60 Å². The molecule has 2 aromatic rings. The summed E-state index contributed by atoms with van der Waals surface area (Å²) < 4.78 is 12.6. The number of hydrogen-bond acceptors (Lipinski definition) is 3. The number of rotatable bonds is 4. The summed E-state index contributed by atoms with van der Waals surface area (Å²) in [5.74, 6) is 0.756. The van der Waals surface area contributed by atoms with Crippen LogP contribution >= 0.6 is 15.9 Å². The van der Waals surface area contributed by atoms with Crippen molar-refractivity contribution in [3.05, 3.63) is 30.5 Å². The summed E-state index contributed by atoms with van der Waals surface area (Å²) in [5.41, 5.74) is 0.276. The number of aromatic nitrogens is 1. The van der Waals surface area contributed by atoms with Crippen molar-refractivity contribution < 1.29 is 14.3 Å². The maximum absolute atomic E-state index is 12.2. The Hall–Kier alpha value is -1.49. The van der Waals surface area contributed by atoms with Gasteiger partial charge in [0.05, 0.1) is 12.1 Å². The van der Waals surface area contributed by atoms with Gasteiger partial charge in [0.1, 0.15) is 11.4 Å². The van der Waals surface area contributed by atoms with Crippen LogP contribution in [0.4, 0.5) is 4.79 Å². The molecule has 1 aromatic carbocycles. The van der Waals surface area contributed by atoms with E-state index in [4.69, 9.17) is 9.47 Å². The van der Waals surface area contributed by atoms with E-state index in [1.165, 1.54) is 4.57 Å². The highest BCUT2D eigenvalue weighted by Crippen LogP contribution is 2.23. The molecule has 4 nitrogen and oxygen atoms in total. The van der Waals surface area contributed by atoms with Crippen LogP contribution in [0.1, 0.15) is 27.2 Å². The van der Waals surface area contributed by atoms with Crippen molar-refractivity contribution in [1.29, 1.82) is 0 Å². The maximum atomic E-state index is 12.2. The first-order valence-electron chi connectivity index (χ1n) is 6.94. The summed E-state index contributed by atoms with van der Waals surface area (Å²) in [6, 6.07) is 7.62. The van der Waals surface area contributed by atoms with Gasteiger partial charge in [0.25, 0.3) is 0 Å². The molecule has 0 spiro atoms. The third kappa shape index (κ3) is 4.24. The predicted molar refractivity (Wildman–Crippen MR) is 87.5 cm³/mol. The molecule has 0 amide bonds. The number of hydrogen-bond donors (Lipinski definition) is 0. The SMILES string of the molecule is CC(C)(C)OC(=O)n1ccc2ccc(OCCCBr)cc21. The Morgan fingerprint density at radius 2 is 2.05 bits per heavy atom. The van der Waals surface area contributed by atoms with Crippen molar-refractivity contribution >= 4 is 32.9 Å². The van der Waals surface area contributed by atoms with Crippen LogP contribution in [0.15, 0.2) is 30.5 Å². The molecule has 0 aliphatic heterocycles. The largest absolute Gasteiger partial charge is 0.493 e. The molecule has 0 saturated carbocycles. The molecule has 0 N–H and O–H groups in total. The summed E-state index contributed by atoms with van der Waals surface area (Å²) >= 11 is 3.37. The fraction of sp³-hybridized carbons (Fsp3) is 0.438. The van der Waals surface area contributed by atoms with Crippen molar-refractivity contribution in [2.75, 3.05) is 11.9 Å². The van der Waals surface area contributed by atoms with Crippen molar-refractivity contribution in [1.82, 2.24) is 4.57 Å². The molecule has 114 valence electrons. The second kappa shape index (κ2) is 6.52. The number of benzene rings is 1. The molecular formula is C16H20BrNO3. The van der Waals surface area contributed by atoms with E-state index in [1.807, 2.05) is 45.0 Å². The summed E-state index contributed by atoms with van der Waals surface area (Å²) in [4.78, 5) is 12.2. The molecular weight excluding hydrogens is 334 g/mol. The van der Waals surface area contributed by atoms with E-state index in [9.17, 15) is 4.79 Å². The lowest BCUT2D eigenvalue weighted by atomic mass is 10.2. The number of halogens is 1. The Bertz CT molecular complexity index is 628. The van der Waals surface area contributed by atoms with Crippen molar-refractivity contribution in [2.24, 2.45) is 0 Å². The van der Waals surface area contributed by atoms with Crippen LogP contribution in [0.25, 0.3) is 10.9 Å². The summed E-state index contributed by atoms with van der Waals surface area (Å²) in [7, 11) is 0. The minimum atomic E-state index is -0.516. The van der Waals surface area contributed by atoms with Crippen LogP contribution in [0.5, 0.6) is 5.75 Å². The maximum Gasteiger partial charge on any atom is 0.418 e. The first-order chi connectivity index (χ1) is 9.90. The van der Waals surface area contributed by atoms with E-state index in [1.54, 1.807) is 6.20 Å². The van der Waals surface area contributed by atoms with E-state index in [0.29, 0.717) is 6.61 Å². The molecule has 0 saturated heterocycles. The van der Waals surface area contributed by atoms with E-state index in [0.717, 1.165) is 28.4 Å². The Kier molecular flexibility index (Phi) is 4.93. The van der Waals surface area contributed by atoms with Gasteiger partial charge in [0.2, 0.25) is 0 Å². The van der Waals surface area contributed by atoms with Gasteiger partial charge >= 0.3 is 6.09 Å². The van der Waals surface area contributed by atoms with Gasteiger partial charge in [-0.2, -0.15) is 0 Å². The number of nitrogens with zero attached hydrogens (tertiary/aromatic N) is 1. The molecule has 0 aliphatic rings. The van der Waals surface area contributed by atoms with Crippen LogP contribution in [0.2, 0.25) is 0 Å². The van der Waals surface area contributed by atoms with Crippen LogP contribution in [0, 0.1) is 0 Å². The third-order valence-electron chi connectivity index (χ3n) is 2.80. The molecule has 0 atom stereocenters. The highest BCUT2D eigenvalue weighted by molar-refractivity contribution is 9.09. The van der Waals surface area contributed by atoms with E-state index in [-0.39, 0.29) is 6.09 Å². The van der Waals surface area contributed by atoms with Crippen molar-refractivity contribution in [3.8, 4) is 5.75 Å². The molecule has 21 heavy (non-hydrogen) atoms. The van der Waals surface area contributed by atoms with E-state index in [2.05, 4.69) is 15.9 Å². The van der Waals surface area contributed by atoms with Gasteiger partial charge in [-0.3, -0.25) is 4.57 Å². The Morgan fingerprint density at radius 1 is 1.29 bits per heavy atom. The molecule has 2 rings (SSSR count). The molecule has 1 heterocycles. The van der Waals surface area contributed by atoms with Crippen LogP contribution in [-0.4, -0.2) is 28.2 Å². The fourth-order valence-corrected chi connectivity index (χ4v) is 2.14. The smallest absolute Gasteiger partial charge is 0.418 e. The highest BCUT2D eigenvalue weighted by atomic mass is 79.9. The van der Waals surface area contributed by atoms with Gasteiger partial charge in [0, 0.05) is 23.0 Å². The zero-order chi connectivity index (χ0) is 15.5. The molecule has 0 fully saturated rings. The number of ether oxygens (including phenoxy) is 2. The zero-order valence-electron chi connectivity index (χ0n) is 12.6. The normalized spacial score (nSPS) is 11.6. The first kappa shape index (κ1) is 15.9. The minimum Gasteiger partial charge on any atom is -0.493 e. The molecule has 0 unspecified atom stereocenters. The van der Waals surface area contributed by atoms with Gasteiger partial charge in [0.15, 0.2) is 0 Å². The van der Waals surface area contributed by atoms with E-state index >= 15 is 0 Å². The lowest BCUT2D eigenvalue weighted by Crippen LogP contribution is -2.26. The summed E-state index contributed by atoms with van der Waals surface area (Å²) in [5, 5.41) is 1.89. The molecule has 5 heteroatoms. The lowest BCUT2D eigenvalue weighted by molar-refractivity contribution is 0.0544. The second-order valence-corrected chi connectivity index (χ2v) is 6.57. The summed E-state index contributed by atoms with van der Waals surface area (Å²) in [6.45, 7) is 6.20. The zero-order valence-corrected chi connectivity index (χ0v) is 14.1. The Labute approximate surface area is 133 Å². The van der Waals surface area contributed by atoms with Crippen molar-refractivity contribution in [3.63, 3.8) is 0 Å². The quantitative estimate of drug-likeness (QED) is 0.596. The molecule has 1 aromatic heterocycles. The van der Waals surface area contributed by atoms with Gasteiger partial charge in [-0.15, -0.1) is 0 Å². The van der Waals surface area contributed by atoms with Crippen LogP contribution in [0.3, 0.4) is 0 Å². The average Bonchev–Trinajstić information content (AvgIpc) is 2.80. The molecule has 0 aliphatic carbocycles. The topological polar surface area (TPSA) is 40.5 Å². The lowest BCUT2D eigenvalue weighted by Gasteiger charge is -2.19. The van der Waals surface area contributed by atoms with Crippen molar-refractivity contribution in [2.45, 2.75) is 32.8 Å². The van der Waals surface area contributed by atoms with Gasteiger partial charge in [-0.1, -0.05) is 15.9 Å².